The third-order valence-corrected chi connectivity index (χ3v) is 2.33. The van der Waals surface area contributed by atoms with E-state index in [0.717, 1.165) is 0 Å². The lowest BCUT2D eigenvalue weighted by Gasteiger charge is -2.11. The number of carbonyl (C=O) groups is 1. The molecule has 0 unspecified atom stereocenters. The molecule has 18 heavy (non-hydrogen) atoms. The first-order valence-corrected chi connectivity index (χ1v) is 5.15. The summed E-state index contributed by atoms with van der Waals surface area (Å²) in [4.78, 5) is 14.6. The van der Waals surface area contributed by atoms with Crippen LogP contribution in [-0.2, 0) is 0 Å². The molecule has 2 rings (SSSR count). The van der Waals surface area contributed by atoms with E-state index in [1.807, 2.05) is 0 Å². The molecule has 92 valence electrons. The van der Waals surface area contributed by atoms with Crippen LogP contribution in [0.1, 0.15) is 10.4 Å². The van der Waals surface area contributed by atoms with E-state index in [1.165, 1.54) is 24.4 Å². The van der Waals surface area contributed by atoms with Crippen LogP contribution in [0, 0.1) is 0 Å². The summed E-state index contributed by atoms with van der Waals surface area (Å²) in [6, 6.07) is 7.63. The minimum atomic E-state index is -2.91. The predicted molar refractivity (Wildman–Crippen MR) is 61.7 cm³/mol. The Morgan fingerprint density at radius 1 is 1.28 bits per heavy atom. The first-order chi connectivity index (χ1) is 8.70. The van der Waals surface area contributed by atoms with Gasteiger partial charge in [-0.3, -0.25) is 9.78 Å². The fourth-order valence-electron chi connectivity index (χ4n) is 1.57. The molecule has 0 amide bonds. The quantitative estimate of drug-likeness (QED) is 0.781. The summed E-state index contributed by atoms with van der Waals surface area (Å²) in [7, 11) is 0. The van der Waals surface area contributed by atoms with Gasteiger partial charge < -0.3 is 4.74 Å². The van der Waals surface area contributed by atoms with Crippen molar-refractivity contribution in [1.82, 2.24) is 4.98 Å². The lowest BCUT2D eigenvalue weighted by Crippen LogP contribution is -2.03. The lowest BCUT2D eigenvalue weighted by molar-refractivity contribution is -0.0494. The van der Waals surface area contributed by atoms with Crippen molar-refractivity contribution in [3.8, 4) is 16.9 Å². The SMILES string of the molecule is O=Cc1ccc(OC(F)F)c(-c2cccnc2)c1. The van der Waals surface area contributed by atoms with Crippen LogP contribution in [0.5, 0.6) is 5.75 Å². The zero-order valence-corrected chi connectivity index (χ0v) is 9.22. The van der Waals surface area contributed by atoms with Gasteiger partial charge in [-0.2, -0.15) is 8.78 Å². The van der Waals surface area contributed by atoms with Crippen LogP contribution in [0.2, 0.25) is 0 Å². The highest BCUT2D eigenvalue weighted by molar-refractivity contribution is 5.81. The maximum atomic E-state index is 12.3. The summed E-state index contributed by atoms with van der Waals surface area (Å²) < 4.78 is 29.0. The Hall–Kier alpha value is -2.30. The molecular formula is C13H9F2NO2. The van der Waals surface area contributed by atoms with Crippen LogP contribution in [0.15, 0.2) is 42.7 Å². The smallest absolute Gasteiger partial charge is 0.387 e. The summed E-state index contributed by atoms with van der Waals surface area (Å²) in [5.41, 5.74) is 1.40. The van der Waals surface area contributed by atoms with Crippen LogP contribution >= 0.6 is 0 Å². The van der Waals surface area contributed by atoms with E-state index in [-0.39, 0.29) is 5.75 Å². The summed E-state index contributed by atoms with van der Waals surface area (Å²) in [5.74, 6) is 0.0172. The van der Waals surface area contributed by atoms with Gasteiger partial charge in [0.25, 0.3) is 0 Å². The van der Waals surface area contributed by atoms with Crippen LogP contribution in [0.4, 0.5) is 8.78 Å². The largest absolute Gasteiger partial charge is 0.434 e. The van der Waals surface area contributed by atoms with E-state index >= 15 is 0 Å². The number of carbonyl (C=O) groups excluding carboxylic acids is 1. The van der Waals surface area contributed by atoms with Crippen molar-refractivity contribution in [2.45, 2.75) is 6.61 Å². The van der Waals surface area contributed by atoms with Gasteiger partial charge in [-0.1, -0.05) is 6.07 Å². The zero-order chi connectivity index (χ0) is 13.0. The number of aromatic nitrogens is 1. The Morgan fingerprint density at radius 2 is 2.11 bits per heavy atom. The van der Waals surface area contributed by atoms with Crippen molar-refractivity contribution < 1.29 is 18.3 Å². The van der Waals surface area contributed by atoms with E-state index in [4.69, 9.17) is 0 Å². The molecule has 0 aliphatic rings. The van der Waals surface area contributed by atoms with Crippen molar-refractivity contribution in [3.05, 3.63) is 48.3 Å². The first-order valence-electron chi connectivity index (χ1n) is 5.15. The summed E-state index contributed by atoms with van der Waals surface area (Å²) in [6.45, 7) is -2.91. The summed E-state index contributed by atoms with van der Waals surface area (Å²) in [6.07, 6.45) is 3.73. The Labute approximate surface area is 102 Å². The number of aldehydes is 1. The second-order valence-electron chi connectivity index (χ2n) is 3.49. The number of rotatable bonds is 4. The number of benzene rings is 1. The van der Waals surface area contributed by atoms with E-state index in [1.54, 1.807) is 18.3 Å². The molecule has 0 bridgehead atoms. The van der Waals surface area contributed by atoms with Crippen LogP contribution in [-0.4, -0.2) is 17.9 Å². The molecule has 3 nitrogen and oxygen atoms in total. The molecular weight excluding hydrogens is 240 g/mol. The summed E-state index contributed by atoms with van der Waals surface area (Å²) in [5, 5.41) is 0. The van der Waals surface area contributed by atoms with Gasteiger partial charge in [0, 0.05) is 29.1 Å². The Kier molecular flexibility index (Phi) is 3.62. The van der Waals surface area contributed by atoms with E-state index < -0.39 is 6.61 Å². The molecule has 0 aliphatic heterocycles. The molecule has 5 heteroatoms. The van der Waals surface area contributed by atoms with Gasteiger partial charge in [0.2, 0.25) is 0 Å². The molecule has 0 saturated heterocycles. The molecule has 0 saturated carbocycles. The molecule has 2 aromatic rings. The molecule has 0 fully saturated rings. The highest BCUT2D eigenvalue weighted by Crippen LogP contribution is 2.31. The third-order valence-electron chi connectivity index (χ3n) is 2.33. The number of halogens is 2. The molecule has 0 N–H and O–H groups in total. The van der Waals surface area contributed by atoms with Crippen LogP contribution in [0.3, 0.4) is 0 Å². The normalized spacial score (nSPS) is 10.4. The van der Waals surface area contributed by atoms with Gasteiger partial charge in [0.15, 0.2) is 0 Å². The fraction of sp³-hybridized carbons (Fsp3) is 0.0769. The van der Waals surface area contributed by atoms with Crippen LogP contribution < -0.4 is 4.74 Å². The highest BCUT2D eigenvalue weighted by Gasteiger charge is 2.12. The van der Waals surface area contributed by atoms with Gasteiger partial charge in [-0.25, -0.2) is 0 Å². The minimum Gasteiger partial charge on any atom is -0.434 e. The van der Waals surface area contributed by atoms with Crippen molar-refractivity contribution in [3.63, 3.8) is 0 Å². The molecule has 1 aromatic heterocycles. The van der Waals surface area contributed by atoms with E-state index in [9.17, 15) is 13.6 Å². The lowest BCUT2D eigenvalue weighted by atomic mass is 10.0. The van der Waals surface area contributed by atoms with Gasteiger partial charge in [-0.15, -0.1) is 0 Å². The number of pyridine rings is 1. The van der Waals surface area contributed by atoms with Crippen molar-refractivity contribution in [1.29, 1.82) is 0 Å². The second kappa shape index (κ2) is 5.35. The number of ether oxygens (including phenoxy) is 1. The van der Waals surface area contributed by atoms with Crippen LogP contribution in [0.25, 0.3) is 11.1 Å². The molecule has 0 atom stereocenters. The maximum absolute atomic E-state index is 12.3. The van der Waals surface area contributed by atoms with E-state index in [0.29, 0.717) is 23.0 Å². The Bertz CT molecular complexity index is 544. The maximum Gasteiger partial charge on any atom is 0.387 e. The number of alkyl halides is 2. The third kappa shape index (κ3) is 2.68. The molecule has 1 aromatic carbocycles. The predicted octanol–water partition coefficient (Wildman–Crippen LogP) is 3.16. The monoisotopic (exact) mass is 249 g/mol. The Morgan fingerprint density at radius 3 is 2.72 bits per heavy atom. The van der Waals surface area contributed by atoms with Gasteiger partial charge in [0.1, 0.15) is 12.0 Å². The Balaban J connectivity index is 2.51. The van der Waals surface area contributed by atoms with E-state index in [2.05, 4.69) is 9.72 Å². The van der Waals surface area contributed by atoms with Gasteiger partial charge in [0.05, 0.1) is 0 Å². The van der Waals surface area contributed by atoms with Crippen molar-refractivity contribution >= 4 is 6.29 Å². The molecule has 0 spiro atoms. The average molecular weight is 249 g/mol. The number of hydrogen-bond acceptors (Lipinski definition) is 3. The fourth-order valence-corrected chi connectivity index (χ4v) is 1.57. The number of nitrogens with zero attached hydrogens (tertiary/aromatic N) is 1. The molecule has 0 radical (unpaired) electrons. The number of hydrogen-bond donors (Lipinski definition) is 0. The zero-order valence-electron chi connectivity index (χ0n) is 9.22. The first kappa shape index (κ1) is 12.2. The highest BCUT2D eigenvalue weighted by atomic mass is 19.3. The molecule has 1 heterocycles. The summed E-state index contributed by atoms with van der Waals surface area (Å²) >= 11 is 0. The van der Waals surface area contributed by atoms with Crippen molar-refractivity contribution in [2.24, 2.45) is 0 Å². The van der Waals surface area contributed by atoms with Crippen molar-refractivity contribution in [2.75, 3.05) is 0 Å². The van der Waals surface area contributed by atoms with Gasteiger partial charge >= 0.3 is 6.61 Å². The second-order valence-corrected chi connectivity index (χ2v) is 3.49. The minimum absolute atomic E-state index is 0.0172. The van der Waals surface area contributed by atoms with Gasteiger partial charge in [-0.05, 0) is 24.3 Å². The standard InChI is InChI=1S/C13H9F2NO2/c14-13(15)18-12-4-3-9(8-17)6-11(12)10-2-1-5-16-7-10/h1-8,13H. The molecule has 0 aliphatic carbocycles. The average Bonchev–Trinajstić information content (AvgIpc) is 2.39. The topological polar surface area (TPSA) is 39.2 Å².